The van der Waals surface area contributed by atoms with Crippen LogP contribution in [0.25, 0.3) is 22.2 Å². The molecule has 0 atom stereocenters. The van der Waals surface area contributed by atoms with Gasteiger partial charge in [-0.15, -0.1) is 16.9 Å². The highest BCUT2D eigenvalue weighted by molar-refractivity contribution is 7.99. The van der Waals surface area contributed by atoms with Gasteiger partial charge in [-0.3, -0.25) is 14.5 Å². The molecule has 1 aliphatic heterocycles. The molecule has 5 heterocycles. The zero-order valence-corrected chi connectivity index (χ0v) is 19.3. The third-order valence-corrected chi connectivity index (χ3v) is 6.93. The first-order chi connectivity index (χ1) is 16.0. The number of nitrogens with one attached hydrogen (secondary N) is 1. The highest BCUT2D eigenvalue weighted by Gasteiger charge is 2.19. The molecule has 1 saturated heterocycles. The molecule has 0 saturated carbocycles. The van der Waals surface area contributed by atoms with Gasteiger partial charge in [0.1, 0.15) is 11.5 Å². The lowest BCUT2D eigenvalue weighted by atomic mass is 10.1. The van der Waals surface area contributed by atoms with Crippen molar-refractivity contribution in [3.05, 3.63) is 54.6 Å². The van der Waals surface area contributed by atoms with Gasteiger partial charge in [-0.05, 0) is 57.2 Å². The molecule has 33 heavy (non-hydrogen) atoms. The summed E-state index contributed by atoms with van der Waals surface area (Å²) in [5.74, 6) is 0.249. The van der Waals surface area contributed by atoms with Crippen LogP contribution in [0.15, 0.2) is 54.1 Å². The number of aromatic nitrogens is 6. The SMILES string of the molecule is CN1CCC(Sc2cc(C(=O)Nc3cc4cc(-c5cn(C)nn5)cnc4cn3)ccn2)CC1. The summed E-state index contributed by atoms with van der Waals surface area (Å²) in [6.45, 7) is 2.19. The number of carbonyl (C=O) groups is 1. The number of pyridine rings is 3. The predicted molar refractivity (Wildman–Crippen MR) is 128 cm³/mol. The second-order valence-electron chi connectivity index (χ2n) is 8.22. The molecule has 1 aliphatic rings. The van der Waals surface area contributed by atoms with Gasteiger partial charge in [-0.2, -0.15) is 0 Å². The van der Waals surface area contributed by atoms with E-state index in [1.807, 2.05) is 31.4 Å². The molecule has 0 bridgehead atoms. The number of amides is 1. The predicted octanol–water partition coefficient (Wildman–Crippen LogP) is 3.26. The quantitative estimate of drug-likeness (QED) is 0.484. The molecule has 0 aromatic carbocycles. The van der Waals surface area contributed by atoms with Crippen molar-refractivity contribution < 1.29 is 4.79 Å². The molecule has 1 N–H and O–H groups in total. The van der Waals surface area contributed by atoms with Gasteiger partial charge < -0.3 is 10.2 Å². The van der Waals surface area contributed by atoms with Crippen molar-refractivity contribution in [1.29, 1.82) is 0 Å². The van der Waals surface area contributed by atoms with Crippen LogP contribution in [0.1, 0.15) is 23.2 Å². The van der Waals surface area contributed by atoms with Crippen molar-refractivity contribution >= 4 is 34.4 Å². The number of aryl methyl sites for hydroxylation is 1. The number of piperidine rings is 1. The average Bonchev–Trinajstić information content (AvgIpc) is 3.26. The van der Waals surface area contributed by atoms with Crippen molar-refractivity contribution in [3.8, 4) is 11.3 Å². The first-order valence-electron chi connectivity index (χ1n) is 10.8. The Morgan fingerprint density at radius 2 is 1.94 bits per heavy atom. The number of fused-ring (bicyclic) bond motifs is 1. The number of carbonyl (C=O) groups excluding carboxylic acids is 1. The smallest absolute Gasteiger partial charge is 0.256 e. The van der Waals surface area contributed by atoms with E-state index >= 15 is 0 Å². The number of hydrogen-bond donors (Lipinski definition) is 1. The van der Waals surface area contributed by atoms with Gasteiger partial charge in [0, 0.05) is 41.2 Å². The van der Waals surface area contributed by atoms with E-state index in [9.17, 15) is 4.79 Å². The monoisotopic (exact) mass is 460 g/mol. The maximum absolute atomic E-state index is 12.9. The summed E-state index contributed by atoms with van der Waals surface area (Å²) >= 11 is 1.75. The normalized spacial score (nSPS) is 15.1. The number of anilines is 1. The lowest BCUT2D eigenvalue weighted by molar-refractivity contribution is 0.102. The van der Waals surface area contributed by atoms with Crippen LogP contribution in [0.2, 0.25) is 0 Å². The third kappa shape index (κ3) is 5.01. The van der Waals surface area contributed by atoms with Crippen LogP contribution in [-0.2, 0) is 7.05 Å². The van der Waals surface area contributed by atoms with E-state index in [1.165, 1.54) is 0 Å². The summed E-state index contributed by atoms with van der Waals surface area (Å²) in [6.07, 6.45) is 9.18. The fourth-order valence-electron chi connectivity index (χ4n) is 3.80. The zero-order valence-electron chi connectivity index (χ0n) is 18.5. The average molecular weight is 461 g/mol. The molecule has 1 fully saturated rings. The second kappa shape index (κ2) is 9.24. The molecule has 10 heteroatoms. The molecule has 9 nitrogen and oxygen atoms in total. The molecule has 5 rings (SSSR count). The highest BCUT2D eigenvalue weighted by Crippen LogP contribution is 2.29. The molecule has 1 amide bonds. The summed E-state index contributed by atoms with van der Waals surface area (Å²) in [5.41, 5.74) is 2.89. The fraction of sp³-hybridized carbons (Fsp3) is 0.304. The van der Waals surface area contributed by atoms with Gasteiger partial charge in [-0.1, -0.05) is 5.21 Å². The molecule has 4 aromatic rings. The summed E-state index contributed by atoms with van der Waals surface area (Å²) in [6, 6.07) is 7.36. The van der Waals surface area contributed by atoms with Gasteiger partial charge in [0.25, 0.3) is 5.91 Å². The second-order valence-corrected chi connectivity index (χ2v) is 9.54. The van der Waals surface area contributed by atoms with Gasteiger partial charge >= 0.3 is 0 Å². The fourth-order valence-corrected chi connectivity index (χ4v) is 4.90. The van der Waals surface area contributed by atoms with Crippen LogP contribution in [-0.4, -0.2) is 66.1 Å². The molecular weight excluding hydrogens is 436 g/mol. The standard InChI is InChI=1S/C23H24N8OS/c1-30-7-4-18(5-8-30)33-22-11-15(3-6-24-22)23(32)27-21-10-16-9-17(12-25-19(16)13-26-21)20-14-31(2)29-28-20/h3,6,9-14,18H,4-5,7-8H2,1-2H3,(H,26,27,32). The number of thioether (sulfide) groups is 1. The lowest BCUT2D eigenvalue weighted by Gasteiger charge is -2.28. The Hall–Kier alpha value is -3.37. The van der Waals surface area contributed by atoms with Crippen molar-refractivity contribution in [2.45, 2.75) is 23.1 Å². The van der Waals surface area contributed by atoms with Crippen LogP contribution < -0.4 is 5.32 Å². The third-order valence-electron chi connectivity index (χ3n) is 5.66. The molecule has 4 aromatic heterocycles. The Balaban J connectivity index is 1.31. The van der Waals surface area contributed by atoms with Crippen molar-refractivity contribution in [2.24, 2.45) is 7.05 Å². The molecular formula is C23H24N8OS. The zero-order chi connectivity index (χ0) is 22.8. The van der Waals surface area contributed by atoms with E-state index in [2.05, 4.69) is 42.5 Å². The first-order valence-corrected chi connectivity index (χ1v) is 11.7. The van der Waals surface area contributed by atoms with E-state index in [-0.39, 0.29) is 5.91 Å². The number of rotatable bonds is 5. The number of nitrogens with zero attached hydrogens (tertiary/aromatic N) is 7. The maximum atomic E-state index is 12.9. The van der Waals surface area contributed by atoms with E-state index in [4.69, 9.17) is 0 Å². The van der Waals surface area contributed by atoms with Crippen molar-refractivity contribution in [2.75, 3.05) is 25.5 Å². The maximum Gasteiger partial charge on any atom is 0.256 e. The van der Waals surface area contributed by atoms with Crippen molar-refractivity contribution in [3.63, 3.8) is 0 Å². The molecule has 0 spiro atoms. The van der Waals surface area contributed by atoms with Gasteiger partial charge in [0.15, 0.2) is 0 Å². The Kier molecular flexibility index (Phi) is 6.01. The van der Waals surface area contributed by atoms with Crippen LogP contribution in [0.4, 0.5) is 5.82 Å². The summed E-state index contributed by atoms with van der Waals surface area (Å²) in [7, 11) is 3.97. The van der Waals surface area contributed by atoms with Crippen LogP contribution in [0.5, 0.6) is 0 Å². The summed E-state index contributed by atoms with van der Waals surface area (Å²) in [5, 5.41) is 13.3. The van der Waals surface area contributed by atoms with E-state index in [1.54, 1.807) is 41.1 Å². The Morgan fingerprint density at radius 3 is 2.73 bits per heavy atom. The molecule has 0 unspecified atom stereocenters. The van der Waals surface area contributed by atoms with E-state index in [0.29, 0.717) is 16.6 Å². The Bertz CT molecular complexity index is 1300. The van der Waals surface area contributed by atoms with E-state index in [0.717, 1.165) is 53.1 Å². The highest BCUT2D eigenvalue weighted by atomic mass is 32.2. The van der Waals surface area contributed by atoms with Crippen LogP contribution in [0, 0.1) is 0 Å². The molecule has 168 valence electrons. The topological polar surface area (TPSA) is 102 Å². The molecule has 0 aliphatic carbocycles. The van der Waals surface area contributed by atoms with Crippen LogP contribution >= 0.6 is 11.8 Å². The lowest BCUT2D eigenvalue weighted by Crippen LogP contribution is -2.31. The van der Waals surface area contributed by atoms with Gasteiger partial charge in [-0.25, -0.2) is 9.97 Å². The first kappa shape index (κ1) is 21.5. The number of likely N-dealkylation sites (tertiary alicyclic amines) is 1. The minimum absolute atomic E-state index is 0.215. The van der Waals surface area contributed by atoms with Gasteiger partial charge in [0.05, 0.1) is 22.9 Å². The Labute approximate surface area is 195 Å². The minimum atomic E-state index is -0.215. The largest absolute Gasteiger partial charge is 0.307 e. The number of hydrogen-bond acceptors (Lipinski definition) is 8. The van der Waals surface area contributed by atoms with E-state index < -0.39 is 0 Å². The molecule has 0 radical (unpaired) electrons. The minimum Gasteiger partial charge on any atom is -0.307 e. The van der Waals surface area contributed by atoms with Gasteiger partial charge in [0.2, 0.25) is 0 Å². The van der Waals surface area contributed by atoms with Crippen LogP contribution in [0.3, 0.4) is 0 Å². The summed E-state index contributed by atoms with van der Waals surface area (Å²) in [4.78, 5) is 28.5. The van der Waals surface area contributed by atoms with Crippen molar-refractivity contribution in [1.82, 2.24) is 34.8 Å². The summed E-state index contributed by atoms with van der Waals surface area (Å²) < 4.78 is 1.64. The Morgan fingerprint density at radius 1 is 1.09 bits per heavy atom.